The zero-order valence-corrected chi connectivity index (χ0v) is 15.8. The van der Waals surface area contributed by atoms with E-state index in [9.17, 15) is 9.59 Å². The predicted octanol–water partition coefficient (Wildman–Crippen LogP) is 4.70. The van der Waals surface area contributed by atoms with E-state index in [-0.39, 0.29) is 12.4 Å². The molecule has 0 radical (unpaired) electrons. The van der Waals surface area contributed by atoms with Gasteiger partial charge >= 0.3 is 5.97 Å². The van der Waals surface area contributed by atoms with Crippen LogP contribution in [0.2, 0.25) is 5.02 Å². The molecular weight excluding hydrogens is 382 g/mol. The van der Waals surface area contributed by atoms with Crippen molar-refractivity contribution in [2.45, 2.75) is 19.6 Å². The van der Waals surface area contributed by atoms with Crippen LogP contribution in [0.3, 0.4) is 0 Å². The number of halogens is 1. The van der Waals surface area contributed by atoms with E-state index in [1.165, 1.54) is 13.0 Å². The van der Waals surface area contributed by atoms with Crippen LogP contribution in [0.5, 0.6) is 5.75 Å². The summed E-state index contributed by atoms with van der Waals surface area (Å²) in [6.45, 7) is 1.63. The molecule has 0 aliphatic rings. The van der Waals surface area contributed by atoms with Crippen molar-refractivity contribution in [1.82, 2.24) is 0 Å². The summed E-state index contributed by atoms with van der Waals surface area (Å²) in [5.41, 5.74) is 0.440. The number of benzene rings is 2. The minimum Gasteiger partial charge on any atom is -0.486 e. The van der Waals surface area contributed by atoms with Crippen LogP contribution in [0.15, 0.2) is 71.1 Å². The second-order valence-electron chi connectivity index (χ2n) is 5.88. The maximum atomic E-state index is 12.2. The predicted molar refractivity (Wildman–Crippen MR) is 104 cm³/mol. The number of carbonyl (C=O) groups is 2. The summed E-state index contributed by atoms with van der Waals surface area (Å²) in [6, 6.07) is 19.1. The number of hydrogen-bond donors (Lipinski definition) is 1. The molecule has 0 spiro atoms. The highest BCUT2D eigenvalue weighted by atomic mass is 35.5. The van der Waals surface area contributed by atoms with Gasteiger partial charge in [0.1, 0.15) is 18.1 Å². The largest absolute Gasteiger partial charge is 0.486 e. The molecule has 1 amide bonds. The van der Waals surface area contributed by atoms with E-state index in [0.717, 1.165) is 0 Å². The van der Waals surface area contributed by atoms with Crippen LogP contribution in [0.25, 0.3) is 0 Å². The number of nitrogens with one attached hydrogen (secondary N) is 1. The van der Waals surface area contributed by atoms with Gasteiger partial charge in [-0.1, -0.05) is 41.9 Å². The zero-order chi connectivity index (χ0) is 19.9. The summed E-state index contributed by atoms with van der Waals surface area (Å²) in [5.74, 6) is -0.102. The van der Waals surface area contributed by atoms with Gasteiger partial charge in [-0.05, 0) is 43.3 Å². The number of para-hydroxylation sites is 2. The molecule has 0 unspecified atom stereocenters. The molecule has 3 aromatic rings. The van der Waals surface area contributed by atoms with Crippen LogP contribution < -0.4 is 10.1 Å². The molecular formula is C21H18ClNO5. The molecule has 0 saturated carbocycles. The number of amides is 1. The maximum Gasteiger partial charge on any atom is 0.375 e. The second kappa shape index (κ2) is 9.10. The lowest BCUT2D eigenvalue weighted by Gasteiger charge is -2.13. The molecule has 1 atom stereocenters. The summed E-state index contributed by atoms with van der Waals surface area (Å²) >= 11 is 6.00. The Morgan fingerprint density at radius 1 is 1.04 bits per heavy atom. The summed E-state index contributed by atoms with van der Waals surface area (Å²) in [6.07, 6.45) is -1.03. The third-order valence-electron chi connectivity index (χ3n) is 3.77. The minimum absolute atomic E-state index is 0.0101. The first kappa shape index (κ1) is 19.5. The second-order valence-corrected chi connectivity index (χ2v) is 6.29. The number of carbonyl (C=O) groups excluding carboxylic acids is 2. The van der Waals surface area contributed by atoms with Crippen LogP contribution in [-0.4, -0.2) is 18.0 Å². The van der Waals surface area contributed by atoms with E-state index in [1.807, 2.05) is 30.3 Å². The number of esters is 1. The molecule has 0 saturated heterocycles. The van der Waals surface area contributed by atoms with E-state index in [2.05, 4.69) is 5.32 Å². The summed E-state index contributed by atoms with van der Waals surface area (Å²) in [7, 11) is 0. The highest BCUT2D eigenvalue weighted by Crippen LogP contribution is 2.21. The van der Waals surface area contributed by atoms with Crippen molar-refractivity contribution < 1.29 is 23.5 Å². The lowest BCUT2D eigenvalue weighted by molar-refractivity contribution is -0.123. The molecule has 0 fully saturated rings. The van der Waals surface area contributed by atoms with Gasteiger partial charge < -0.3 is 19.2 Å². The summed E-state index contributed by atoms with van der Waals surface area (Å²) in [5, 5.41) is 3.00. The monoisotopic (exact) mass is 399 g/mol. The van der Waals surface area contributed by atoms with Gasteiger partial charge in [-0.15, -0.1) is 0 Å². The Bertz CT molecular complexity index is 954. The molecule has 6 nitrogen and oxygen atoms in total. The fraction of sp³-hybridized carbons (Fsp3) is 0.143. The fourth-order valence-electron chi connectivity index (χ4n) is 2.31. The number of anilines is 1. The van der Waals surface area contributed by atoms with Gasteiger partial charge in [0.2, 0.25) is 5.76 Å². The third kappa shape index (κ3) is 5.14. The van der Waals surface area contributed by atoms with Crippen LogP contribution in [-0.2, 0) is 16.1 Å². The molecule has 2 aromatic carbocycles. The van der Waals surface area contributed by atoms with Crippen molar-refractivity contribution >= 4 is 29.2 Å². The highest BCUT2D eigenvalue weighted by molar-refractivity contribution is 6.33. The van der Waals surface area contributed by atoms with E-state index < -0.39 is 18.0 Å². The van der Waals surface area contributed by atoms with Crippen molar-refractivity contribution in [3.63, 3.8) is 0 Å². The van der Waals surface area contributed by atoms with Crippen LogP contribution in [0.1, 0.15) is 23.2 Å². The number of hydrogen-bond acceptors (Lipinski definition) is 5. The van der Waals surface area contributed by atoms with Gasteiger partial charge in [0.25, 0.3) is 5.91 Å². The number of rotatable bonds is 7. The smallest absolute Gasteiger partial charge is 0.375 e. The van der Waals surface area contributed by atoms with Crippen molar-refractivity contribution in [3.05, 3.63) is 83.3 Å². The Hall–Kier alpha value is -3.25. The van der Waals surface area contributed by atoms with Crippen molar-refractivity contribution in [3.8, 4) is 5.75 Å². The fourth-order valence-corrected chi connectivity index (χ4v) is 2.49. The molecule has 28 heavy (non-hydrogen) atoms. The molecule has 144 valence electrons. The lowest BCUT2D eigenvalue weighted by atomic mass is 10.3. The van der Waals surface area contributed by atoms with E-state index in [0.29, 0.717) is 22.2 Å². The molecule has 1 N–H and O–H groups in total. The minimum atomic E-state index is -1.03. The maximum absolute atomic E-state index is 12.2. The van der Waals surface area contributed by atoms with Crippen LogP contribution in [0, 0.1) is 0 Å². The van der Waals surface area contributed by atoms with Gasteiger partial charge in [0, 0.05) is 0 Å². The number of ether oxygens (including phenoxy) is 2. The zero-order valence-electron chi connectivity index (χ0n) is 15.1. The first-order chi connectivity index (χ1) is 13.5. The Morgan fingerprint density at radius 3 is 2.50 bits per heavy atom. The molecule has 7 heteroatoms. The first-order valence-electron chi connectivity index (χ1n) is 8.56. The highest BCUT2D eigenvalue weighted by Gasteiger charge is 2.22. The number of furan rings is 1. The topological polar surface area (TPSA) is 77.8 Å². The average molecular weight is 400 g/mol. The normalized spacial score (nSPS) is 11.5. The molecule has 1 aromatic heterocycles. The van der Waals surface area contributed by atoms with Gasteiger partial charge in [-0.25, -0.2) is 4.79 Å². The Morgan fingerprint density at radius 2 is 1.75 bits per heavy atom. The van der Waals surface area contributed by atoms with E-state index in [4.69, 9.17) is 25.5 Å². The van der Waals surface area contributed by atoms with Crippen molar-refractivity contribution in [2.75, 3.05) is 5.32 Å². The van der Waals surface area contributed by atoms with Gasteiger partial charge in [-0.3, -0.25) is 4.79 Å². The van der Waals surface area contributed by atoms with Gasteiger partial charge in [0.15, 0.2) is 6.10 Å². The van der Waals surface area contributed by atoms with Crippen LogP contribution >= 0.6 is 11.6 Å². The molecule has 3 rings (SSSR count). The molecule has 0 aliphatic carbocycles. The van der Waals surface area contributed by atoms with Crippen molar-refractivity contribution in [2.24, 2.45) is 0 Å². The summed E-state index contributed by atoms with van der Waals surface area (Å²) in [4.78, 5) is 24.4. The van der Waals surface area contributed by atoms with E-state index >= 15 is 0 Å². The van der Waals surface area contributed by atoms with Gasteiger partial charge in [0.05, 0.1) is 10.7 Å². The Kier molecular flexibility index (Phi) is 6.34. The molecule has 1 heterocycles. The Balaban J connectivity index is 1.53. The molecule has 0 bridgehead atoms. The van der Waals surface area contributed by atoms with Crippen LogP contribution in [0.4, 0.5) is 5.69 Å². The summed E-state index contributed by atoms with van der Waals surface area (Å²) < 4.78 is 16.2. The average Bonchev–Trinajstić information content (AvgIpc) is 3.18. The SMILES string of the molecule is C[C@@H](OC(=O)c1ccc(COc2ccccc2)o1)C(=O)Nc1ccccc1Cl. The first-order valence-corrected chi connectivity index (χ1v) is 8.93. The Labute approximate surface area is 167 Å². The third-order valence-corrected chi connectivity index (χ3v) is 4.10. The lowest BCUT2D eigenvalue weighted by Crippen LogP contribution is -2.30. The van der Waals surface area contributed by atoms with E-state index in [1.54, 1.807) is 30.3 Å². The molecule has 0 aliphatic heterocycles. The van der Waals surface area contributed by atoms with Gasteiger partial charge in [-0.2, -0.15) is 0 Å². The standard InChI is InChI=1S/C21H18ClNO5/c1-14(20(24)23-18-10-6-5-9-17(18)22)27-21(25)19-12-11-16(28-19)13-26-15-7-3-2-4-8-15/h2-12,14H,13H2,1H3,(H,23,24)/t14-/m1/s1. The van der Waals surface area contributed by atoms with Crippen molar-refractivity contribution in [1.29, 1.82) is 0 Å². The quantitative estimate of drug-likeness (QED) is 0.583.